The van der Waals surface area contributed by atoms with Crippen LogP contribution in [0.2, 0.25) is 0 Å². The third-order valence-corrected chi connectivity index (χ3v) is 3.14. The molecule has 0 fully saturated rings. The van der Waals surface area contributed by atoms with Crippen molar-refractivity contribution in [2.75, 3.05) is 5.01 Å². The van der Waals surface area contributed by atoms with E-state index in [0.29, 0.717) is 5.56 Å². The van der Waals surface area contributed by atoms with Crippen molar-refractivity contribution >= 4 is 17.8 Å². The average Bonchev–Trinajstić information content (AvgIpc) is 2.57. The number of hydrogen-bond donors (Lipinski definition) is 1. The number of benzene rings is 2. The van der Waals surface area contributed by atoms with Gasteiger partial charge in [-0.1, -0.05) is 36.4 Å². The van der Waals surface area contributed by atoms with Crippen LogP contribution in [0.3, 0.4) is 0 Å². The van der Waals surface area contributed by atoms with Crippen molar-refractivity contribution in [2.24, 2.45) is 5.10 Å². The fourth-order valence-corrected chi connectivity index (χ4v) is 2.05. The van der Waals surface area contributed by atoms with Gasteiger partial charge in [-0.15, -0.1) is 0 Å². The number of para-hydroxylation sites is 1. The average molecular weight is 277 g/mol. The second-order valence-corrected chi connectivity index (χ2v) is 4.65. The molecule has 21 heavy (non-hydrogen) atoms. The van der Waals surface area contributed by atoms with Gasteiger partial charge in [-0.25, -0.2) is 5.01 Å². The molecule has 0 aliphatic carbocycles. The molecular weight excluding hydrogens is 262 g/mol. The molecule has 1 unspecified atom stereocenters. The Balaban J connectivity index is 1.63. The lowest BCUT2D eigenvalue weighted by Gasteiger charge is -2.21. The summed E-state index contributed by atoms with van der Waals surface area (Å²) in [5.41, 5.74) is 1.63. The molecule has 1 aliphatic heterocycles. The Bertz CT molecular complexity index is 651. The van der Waals surface area contributed by atoms with E-state index in [-0.39, 0.29) is 11.9 Å². The van der Waals surface area contributed by atoms with Crippen LogP contribution in [0.15, 0.2) is 78.0 Å². The number of carbonyl (C=O) groups excluding carboxylic acids is 1. The Kier molecular flexibility index (Phi) is 3.78. The van der Waals surface area contributed by atoms with Crippen LogP contribution in [-0.2, 0) is 0 Å². The first kappa shape index (κ1) is 13.1. The number of amides is 1. The lowest BCUT2D eigenvalue weighted by atomic mass is 10.2. The van der Waals surface area contributed by atoms with Gasteiger partial charge < -0.3 is 5.32 Å². The Morgan fingerprint density at radius 3 is 2.29 bits per heavy atom. The maximum atomic E-state index is 12.0. The highest BCUT2D eigenvalue weighted by atomic mass is 16.1. The molecule has 104 valence electrons. The van der Waals surface area contributed by atoms with E-state index in [1.165, 1.54) is 0 Å². The maximum absolute atomic E-state index is 12.0. The first-order valence-electron chi connectivity index (χ1n) is 6.75. The predicted molar refractivity (Wildman–Crippen MR) is 84.2 cm³/mol. The first-order valence-corrected chi connectivity index (χ1v) is 6.75. The minimum Gasteiger partial charge on any atom is -0.341 e. The van der Waals surface area contributed by atoms with Crippen LogP contribution in [0, 0.1) is 0 Å². The molecule has 0 spiro atoms. The van der Waals surface area contributed by atoms with E-state index in [4.69, 9.17) is 0 Å². The lowest BCUT2D eigenvalue weighted by molar-refractivity contribution is 0.0952. The molecule has 0 aromatic heterocycles. The number of carbonyl (C=O) groups is 1. The topological polar surface area (TPSA) is 44.7 Å². The summed E-state index contributed by atoms with van der Waals surface area (Å²) >= 11 is 0. The molecular formula is C17H15N3O. The summed E-state index contributed by atoms with van der Waals surface area (Å²) in [4.78, 5) is 12.0. The van der Waals surface area contributed by atoms with Crippen LogP contribution >= 0.6 is 0 Å². The summed E-state index contributed by atoms with van der Waals surface area (Å²) in [6.45, 7) is 0. The van der Waals surface area contributed by atoms with Crippen LogP contribution in [0.4, 0.5) is 5.69 Å². The third-order valence-electron chi connectivity index (χ3n) is 3.14. The molecule has 2 aromatic rings. The zero-order valence-electron chi connectivity index (χ0n) is 11.4. The van der Waals surface area contributed by atoms with E-state index in [1.54, 1.807) is 23.4 Å². The molecule has 0 saturated heterocycles. The van der Waals surface area contributed by atoms with Gasteiger partial charge in [0, 0.05) is 11.8 Å². The van der Waals surface area contributed by atoms with Gasteiger partial charge in [0.1, 0.15) is 0 Å². The second kappa shape index (κ2) is 6.05. The summed E-state index contributed by atoms with van der Waals surface area (Å²) in [5, 5.41) is 9.01. The minimum absolute atomic E-state index is 0.107. The minimum atomic E-state index is -0.197. The number of hydrazone groups is 1. The molecule has 3 rings (SSSR count). The standard InChI is InChI=1S/C17H15N3O/c21-17(14-7-3-1-4-8-14)19-15-11-12-20(18-13-15)16-9-5-2-6-10-16/h1-13,15H,(H,19,21). The zero-order chi connectivity index (χ0) is 14.5. The highest BCUT2D eigenvalue weighted by molar-refractivity contribution is 5.96. The number of hydrogen-bond acceptors (Lipinski definition) is 3. The van der Waals surface area contributed by atoms with E-state index in [2.05, 4.69) is 10.4 Å². The Morgan fingerprint density at radius 2 is 1.67 bits per heavy atom. The van der Waals surface area contributed by atoms with Crippen molar-refractivity contribution in [3.05, 3.63) is 78.5 Å². The number of anilines is 1. The monoisotopic (exact) mass is 277 g/mol. The fraction of sp³-hybridized carbons (Fsp3) is 0.0588. The molecule has 4 heteroatoms. The van der Waals surface area contributed by atoms with Gasteiger partial charge in [-0.2, -0.15) is 5.10 Å². The van der Waals surface area contributed by atoms with Crippen molar-refractivity contribution in [1.82, 2.24) is 5.32 Å². The first-order chi connectivity index (χ1) is 10.3. The summed E-state index contributed by atoms with van der Waals surface area (Å²) in [6, 6.07) is 18.8. The molecule has 1 N–H and O–H groups in total. The van der Waals surface area contributed by atoms with Gasteiger partial charge in [-0.05, 0) is 30.3 Å². The molecule has 1 aliphatic rings. The van der Waals surface area contributed by atoms with Crippen molar-refractivity contribution in [3.8, 4) is 0 Å². The zero-order valence-corrected chi connectivity index (χ0v) is 11.4. The largest absolute Gasteiger partial charge is 0.341 e. The molecule has 0 radical (unpaired) electrons. The Labute approximate surface area is 123 Å². The highest BCUT2D eigenvalue weighted by Gasteiger charge is 2.13. The number of rotatable bonds is 3. The molecule has 0 bridgehead atoms. The van der Waals surface area contributed by atoms with Gasteiger partial charge in [0.25, 0.3) is 5.91 Å². The van der Waals surface area contributed by atoms with E-state index in [0.717, 1.165) is 5.69 Å². The van der Waals surface area contributed by atoms with Gasteiger partial charge in [-0.3, -0.25) is 4.79 Å². The van der Waals surface area contributed by atoms with E-state index in [9.17, 15) is 4.79 Å². The Hall–Kier alpha value is -2.88. The summed E-state index contributed by atoms with van der Waals surface area (Å²) in [7, 11) is 0. The normalized spacial score (nSPS) is 16.8. The van der Waals surface area contributed by atoms with Crippen LogP contribution < -0.4 is 10.3 Å². The Morgan fingerprint density at radius 1 is 1.00 bits per heavy atom. The molecule has 1 amide bonds. The van der Waals surface area contributed by atoms with Gasteiger partial charge in [0.2, 0.25) is 0 Å². The van der Waals surface area contributed by atoms with E-state index >= 15 is 0 Å². The molecule has 0 saturated carbocycles. The smallest absolute Gasteiger partial charge is 0.252 e. The third kappa shape index (κ3) is 3.17. The van der Waals surface area contributed by atoms with Crippen LogP contribution in [0.1, 0.15) is 10.4 Å². The van der Waals surface area contributed by atoms with E-state index in [1.807, 2.05) is 60.8 Å². The van der Waals surface area contributed by atoms with Crippen LogP contribution in [-0.4, -0.2) is 18.2 Å². The fourth-order valence-electron chi connectivity index (χ4n) is 2.05. The summed E-state index contributed by atoms with van der Waals surface area (Å²) < 4.78 is 0. The summed E-state index contributed by atoms with van der Waals surface area (Å²) in [6.07, 6.45) is 5.47. The summed E-state index contributed by atoms with van der Waals surface area (Å²) in [5.74, 6) is -0.107. The molecule has 1 atom stereocenters. The van der Waals surface area contributed by atoms with Gasteiger partial charge in [0.15, 0.2) is 0 Å². The van der Waals surface area contributed by atoms with Gasteiger partial charge >= 0.3 is 0 Å². The molecule has 4 nitrogen and oxygen atoms in total. The van der Waals surface area contributed by atoms with E-state index < -0.39 is 0 Å². The highest BCUT2D eigenvalue weighted by Crippen LogP contribution is 2.15. The van der Waals surface area contributed by atoms with Crippen molar-refractivity contribution in [1.29, 1.82) is 0 Å². The molecule has 1 heterocycles. The maximum Gasteiger partial charge on any atom is 0.252 e. The van der Waals surface area contributed by atoms with Crippen LogP contribution in [0.25, 0.3) is 0 Å². The number of nitrogens with zero attached hydrogens (tertiary/aromatic N) is 2. The molecule has 2 aromatic carbocycles. The SMILES string of the molecule is O=C(NC1C=CN(c2ccccc2)N=C1)c1ccccc1. The van der Waals surface area contributed by atoms with Gasteiger partial charge in [0.05, 0.1) is 17.9 Å². The van der Waals surface area contributed by atoms with Crippen LogP contribution in [0.5, 0.6) is 0 Å². The van der Waals surface area contributed by atoms with Crippen molar-refractivity contribution in [2.45, 2.75) is 6.04 Å². The number of nitrogens with one attached hydrogen (secondary N) is 1. The predicted octanol–water partition coefficient (Wildman–Crippen LogP) is 2.80. The lowest BCUT2D eigenvalue weighted by Crippen LogP contribution is -2.37. The quantitative estimate of drug-likeness (QED) is 0.937. The second-order valence-electron chi connectivity index (χ2n) is 4.65. The van der Waals surface area contributed by atoms with Crippen molar-refractivity contribution in [3.63, 3.8) is 0 Å². The van der Waals surface area contributed by atoms with Crippen molar-refractivity contribution < 1.29 is 4.79 Å².